The normalized spacial score (nSPS) is 10.7. The van der Waals surface area contributed by atoms with E-state index in [1.807, 2.05) is 59.3 Å². The van der Waals surface area contributed by atoms with E-state index in [4.69, 9.17) is 14.2 Å². The molecule has 0 radical (unpaired) electrons. The largest absolute Gasteiger partial charge is 0.493 e. The van der Waals surface area contributed by atoms with E-state index in [0.29, 0.717) is 41.1 Å². The fourth-order valence-corrected chi connectivity index (χ4v) is 4.34. The first-order valence-corrected chi connectivity index (χ1v) is 12.2. The molecular formula is C29H28N6O4. The molecule has 3 heterocycles. The zero-order valence-corrected chi connectivity index (χ0v) is 21.8. The number of ether oxygens (including phenoxy) is 3. The van der Waals surface area contributed by atoms with Crippen LogP contribution in [0.25, 0.3) is 16.7 Å². The number of aromatic nitrogens is 4. The minimum atomic E-state index is -0.0715. The van der Waals surface area contributed by atoms with Crippen molar-refractivity contribution in [2.24, 2.45) is 0 Å². The van der Waals surface area contributed by atoms with E-state index in [0.717, 1.165) is 22.0 Å². The Morgan fingerprint density at radius 3 is 2.38 bits per heavy atom. The van der Waals surface area contributed by atoms with Crippen LogP contribution in [0.1, 0.15) is 11.1 Å². The molecule has 10 nitrogen and oxygen atoms in total. The Balaban J connectivity index is 1.35. The lowest BCUT2D eigenvalue weighted by molar-refractivity contribution is -0.120. The van der Waals surface area contributed by atoms with E-state index in [1.54, 1.807) is 45.9 Å². The van der Waals surface area contributed by atoms with Crippen LogP contribution in [0.2, 0.25) is 0 Å². The lowest BCUT2D eigenvalue weighted by Gasteiger charge is -2.14. The van der Waals surface area contributed by atoms with Gasteiger partial charge in [0.05, 0.1) is 33.3 Å². The van der Waals surface area contributed by atoms with Crippen molar-refractivity contribution in [1.29, 1.82) is 0 Å². The highest BCUT2D eigenvalue weighted by Gasteiger charge is 2.16. The molecule has 0 spiro atoms. The number of fused-ring (bicyclic) bond motifs is 1. The van der Waals surface area contributed by atoms with Gasteiger partial charge < -0.3 is 24.8 Å². The third-order valence-corrected chi connectivity index (χ3v) is 6.19. The number of nitrogens with zero attached hydrogens (tertiary/aromatic N) is 4. The number of methoxy groups -OCH3 is 3. The monoisotopic (exact) mass is 524 g/mol. The molecule has 5 aromatic rings. The molecule has 0 aliphatic carbocycles. The molecule has 5 rings (SSSR count). The molecule has 0 aliphatic heterocycles. The number of rotatable bonds is 10. The molecule has 0 unspecified atom stereocenters. The van der Waals surface area contributed by atoms with Crippen molar-refractivity contribution in [1.82, 2.24) is 25.1 Å². The van der Waals surface area contributed by atoms with Crippen molar-refractivity contribution in [2.75, 3.05) is 26.6 Å². The fourth-order valence-electron chi connectivity index (χ4n) is 4.34. The summed E-state index contributed by atoms with van der Waals surface area (Å²) in [5, 5.41) is 16.0. The summed E-state index contributed by atoms with van der Waals surface area (Å²) in [6, 6.07) is 19.0. The maximum Gasteiger partial charge on any atom is 0.224 e. The lowest BCUT2D eigenvalue weighted by Crippen LogP contribution is -2.24. The van der Waals surface area contributed by atoms with Crippen LogP contribution in [0.15, 0.2) is 79.3 Å². The Morgan fingerprint density at radius 1 is 0.923 bits per heavy atom. The van der Waals surface area contributed by atoms with Gasteiger partial charge in [-0.1, -0.05) is 24.3 Å². The molecule has 0 atom stereocenters. The van der Waals surface area contributed by atoms with Crippen LogP contribution in [0.4, 0.5) is 11.5 Å². The van der Waals surface area contributed by atoms with Gasteiger partial charge >= 0.3 is 0 Å². The summed E-state index contributed by atoms with van der Waals surface area (Å²) in [7, 11) is 4.69. The number of benzene rings is 2. The van der Waals surface area contributed by atoms with E-state index in [2.05, 4.69) is 25.8 Å². The number of anilines is 2. The summed E-state index contributed by atoms with van der Waals surface area (Å²) in [4.78, 5) is 16.8. The van der Waals surface area contributed by atoms with Crippen LogP contribution in [0, 0.1) is 0 Å². The summed E-state index contributed by atoms with van der Waals surface area (Å²) < 4.78 is 18.2. The van der Waals surface area contributed by atoms with E-state index >= 15 is 0 Å². The van der Waals surface area contributed by atoms with Crippen LogP contribution >= 0.6 is 0 Å². The van der Waals surface area contributed by atoms with E-state index in [-0.39, 0.29) is 12.3 Å². The van der Waals surface area contributed by atoms with Gasteiger partial charge in [0.25, 0.3) is 0 Å². The predicted molar refractivity (Wildman–Crippen MR) is 148 cm³/mol. The number of carbonyl (C=O) groups is 1. The number of hydrogen-bond acceptors (Lipinski definition) is 8. The first-order valence-electron chi connectivity index (χ1n) is 12.2. The Morgan fingerprint density at radius 2 is 1.72 bits per heavy atom. The van der Waals surface area contributed by atoms with Crippen molar-refractivity contribution in [3.05, 3.63) is 90.4 Å². The van der Waals surface area contributed by atoms with Gasteiger partial charge in [-0.15, -0.1) is 10.2 Å². The van der Waals surface area contributed by atoms with E-state index < -0.39 is 0 Å². The quantitative estimate of drug-likeness (QED) is 0.276. The predicted octanol–water partition coefficient (Wildman–Crippen LogP) is 4.44. The number of hydrogen-bond donors (Lipinski definition) is 2. The molecule has 3 aromatic heterocycles. The van der Waals surface area contributed by atoms with Crippen LogP contribution in [0.5, 0.6) is 17.2 Å². The number of nitrogens with one attached hydrogen (secondary N) is 2. The van der Waals surface area contributed by atoms with Gasteiger partial charge in [-0.3, -0.25) is 14.3 Å². The van der Waals surface area contributed by atoms with Gasteiger partial charge in [0.2, 0.25) is 11.7 Å². The van der Waals surface area contributed by atoms with Gasteiger partial charge in [-0.25, -0.2) is 0 Å². The standard InChI is InChI=1S/C29H28N6O4/c1-37-24-14-21(15-25(38-2)29(24)39-3)32-26-10-11-27(34-33-26)35-18-20(22-8-4-5-9-23(22)35)13-28(36)31-17-19-7-6-12-30-16-19/h4-12,14-16,18H,13,17H2,1-3H3,(H,31,36)(H,32,33). The maximum atomic E-state index is 12.7. The maximum absolute atomic E-state index is 12.7. The Kier molecular flexibility index (Phi) is 7.53. The van der Waals surface area contributed by atoms with Crippen molar-refractivity contribution >= 4 is 28.3 Å². The molecule has 198 valence electrons. The molecule has 10 heteroatoms. The van der Waals surface area contributed by atoms with Crippen molar-refractivity contribution in [3.63, 3.8) is 0 Å². The molecule has 0 bridgehead atoms. The lowest BCUT2D eigenvalue weighted by atomic mass is 10.1. The molecule has 1 amide bonds. The highest BCUT2D eigenvalue weighted by molar-refractivity contribution is 5.90. The first kappa shape index (κ1) is 25.5. The summed E-state index contributed by atoms with van der Waals surface area (Å²) in [6.07, 6.45) is 5.62. The van der Waals surface area contributed by atoms with Crippen molar-refractivity contribution < 1.29 is 19.0 Å². The number of amides is 1. The third kappa shape index (κ3) is 5.59. The van der Waals surface area contributed by atoms with Crippen LogP contribution in [-0.2, 0) is 17.8 Å². The van der Waals surface area contributed by atoms with Gasteiger partial charge in [0.15, 0.2) is 23.1 Å². The molecule has 0 aliphatic rings. The van der Waals surface area contributed by atoms with Crippen LogP contribution in [-0.4, -0.2) is 47.0 Å². The average Bonchev–Trinajstić information content (AvgIpc) is 3.34. The summed E-state index contributed by atoms with van der Waals surface area (Å²) >= 11 is 0. The van der Waals surface area contributed by atoms with Crippen molar-refractivity contribution in [2.45, 2.75) is 13.0 Å². The topological polar surface area (TPSA) is 112 Å². The Labute approximate surface area is 225 Å². The zero-order chi connectivity index (χ0) is 27.2. The fraction of sp³-hybridized carbons (Fsp3) is 0.172. The van der Waals surface area contributed by atoms with Gasteiger partial charge in [0.1, 0.15) is 0 Å². The molecule has 2 N–H and O–H groups in total. The van der Waals surface area contributed by atoms with Crippen LogP contribution in [0.3, 0.4) is 0 Å². The first-order chi connectivity index (χ1) is 19.1. The highest BCUT2D eigenvalue weighted by atomic mass is 16.5. The highest BCUT2D eigenvalue weighted by Crippen LogP contribution is 2.40. The summed E-state index contributed by atoms with van der Waals surface area (Å²) in [6.45, 7) is 0.428. The zero-order valence-electron chi connectivity index (χ0n) is 21.8. The summed E-state index contributed by atoms with van der Waals surface area (Å²) in [5.74, 6) is 2.66. The molecule has 0 saturated carbocycles. The van der Waals surface area contributed by atoms with E-state index in [9.17, 15) is 4.79 Å². The minimum absolute atomic E-state index is 0.0715. The Hall–Kier alpha value is -5.12. The molecule has 0 saturated heterocycles. The average molecular weight is 525 g/mol. The van der Waals surface area contributed by atoms with Gasteiger partial charge in [0, 0.05) is 48.3 Å². The van der Waals surface area contributed by atoms with E-state index in [1.165, 1.54) is 0 Å². The molecule has 0 fully saturated rings. The second kappa shape index (κ2) is 11.5. The number of para-hydroxylation sites is 1. The summed E-state index contributed by atoms with van der Waals surface area (Å²) in [5.41, 5.74) is 3.49. The second-order valence-electron chi connectivity index (χ2n) is 8.67. The molecule has 39 heavy (non-hydrogen) atoms. The van der Waals surface area contributed by atoms with Crippen LogP contribution < -0.4 is 24.8 Å². The molecule has 2 aromatic carbocycles. The Bertz CT molecular complexity index is 1560. The van der Waals surface area contributed by atoms with Gasteiger partial charge in [-0.05, 0) is 35.4 Å². The second-order valence-corrected chi connectivity index (χ2v) is 8.67. The smallest absolute Gasteiger partial charge is 0.224 e. The SMILES string of the molecule is COc1cc(Nc2ccc(-n3cc(CC(=O)NCc4cccnc4)c4ccccc43)nn2)cc(OC)c1OC. The minimum Gasteiger partial charge on any atom is -0.493 e. The number of carbonyl (C=O) groups excluding carboxylic acids is 1. The van der Waals surface area contributed by atoms with Gasteiger partial charge in [-0.2, -0.15) is 0 Å². The molecular weight excluding hydrogens is 496 g/mol. The number of pyridine rings is 1. The van der Waals surface area contributed by atoms with Crippen molar-refractivity contribution in [3.8, 4) is 23.1 Å². The third-order valence-electron chi connectivity index (χ3n) is 6.19.